The minimum atomic E-state index is -0.150. The third kappa shape index (κ3) is 3.01. The number of nitrogens with one attached hydrogen (secondary N) is 2. The van der Waals surface area contributed by atoms with Gasteiger partial charge in [0, 0.05) is 11.1 Å². The van der Waals surface area contributed by atoms with Crippen LogP contribution in [0.15, 0.2) is 77.6 Å². The van der Waals surface area contributed by atoms with Crippen molar-refractivity contribution in [2.45, 2.75) is 31.7 Å². The number of aromatic amines is 1. The lowest BCUT2D eigenvalue weighted by Crippen LogP contribution is -2.28. The number of benzene rings is 3. The second-order valence-electron chi connectivity index (χ2n) is 7.67. The van der Waals surface area contributed by atoms with E-state index in [0.717, 1.165) is 29.6 Å². The first-order chi connectivity index (χ1) is 14.3. The van der Waals surface area contributed by atoms with Crippen LogP contribution >= 0.6 is 0 Å². The van der Waals surface area contributed by atoms with E-state index in [1.54, 1.807) is 0 Å². The molecule has 4 nitrogen and oxygen atoms in total. The lowest BCUT2D eigenvalue weighted by atomic mass is 9.79. The maximum absolute atomic E-state index is 12.4. The molecule has 29 heavy (non-hydrogen) atoms. The van der Waals surface area contributed by atoms with Gasteiger partial charge in [-0.2, -0.15) is 5.10 Å². The van der Waals surface area contributed by atoms with Crippen molar-refractivity contribution in [3.05, 3.63) is 106 Å². The minimum absolute atomic E-state index is 0.00215. The summed E-state index contributed by atoms with van der Waals surface area (Å²) >= 11 is 0. The number of aryl methyl sites for hydroxylation is 1. The molecule has 0 radical (unpaired) electrons. The summed E-state index contributed by atoms with van der Waals surface area (Å²) in [5, 5.41) is 12.6. The Kier molecular flexibility index (Phi) is 4.39. The highest BCUT2D eigenvalue weighted by atomic mass is 16.1. The summed E-state index contributed by atoms with van der Waals surface area (Å²) < 4.78 is 0. The largest absolute Gasteiger partial charge is 0.377 e. The van der Waals surface area contributed by atoms with Gasteiger partial charge in [-0.15, -0.1) is 0 Å². The van der Waals surface area contributed by atoms with Crippen LogP contribution in [0.3, 0.4) is 0 Å². The zero-order valence-electron chi connectivity index (χ0n) is 16.4. The number of aromatic nitrogens is 2. The first-order valence-electron chi connectivity index (χ1n) is 10.2. The molecule has 1 aliphatic rings. The summed E-state index contributed by atoms with van der Waals surface area (Å²) in [7, 11) is 0. The molecule has 0 amide bonds. The summed E-state index contributed by atoms with van der Waals surface area (Å²) in [5.41, 5.74) is 5.50. The standard InChI is InChI=1S/C25H23N3O/c1-2-8-16-9-6-12-18(15-16)23-21(17-10-4-3-5-11-17)24-22-19(25(29)28-27-24)13-7-14-20(22)26-23/h3-7,9-15,21,23,26H,2,8H2,1H3,(H,28,29). The van der Waals surface area contributed by atoms with Gasteiger partial charge in [0.2, 0.25) is 0 Å². The molecule has 3 aromatic carbocycles. The van der Waals surface area contributed by atoms with E-state index in [1.807, 2.05) is 24.3 Å². The zero-order valence-corrected chi connectivity index (χ0v) is 16.4. The molecule has 2 heterocycles. The van der Waals surface area contributed by atoms with Gasteiger partial charge in [0.15, 0.2) is 0 Å². The van der Waals surface area contributed by atoms with E-state index < -0.39 is 0 Å². The number of anilines is 1. The van der Waals surface area contributed by atoms with Crippen molar-refractivity contribution in [2.24, 2.45) is 0 Å². The highest BCUT2D eigenvalue weighted by molar-refractivity contribution is 5.97. The van der Waals surface area contributed by atoms with Crippen LogP contribution in [0.5, 0.6) is 0 Å². The van der Waals surface area contributed by atoms with Gasteiger partial charge in [0.25, 0.3) is 5.56 Å². The lowest BCUT2D eigenvalue weighted by molar-refractivity contribution is 0.637. The summed E-state index contributed by atoms with van der Waals surface area (Å²) in [6.07, 6.45) is 2.18. The Bertz CT molecular complexity index is 1230. The summed E-state index contributed by atoms with van der Waals surface area (Å²) in [6, 6.07) is 25.1. The molecule has 144 valence electrons. The second kappa shape index (κ2) is 7.21. The fourth-order valence-corrected chi connectivity index (χ4v) is 4.52. The van der Waals surface area contributed by atoms with Crippen LogP contribution in [0, 0.1) is 0 Å². The molecule has 1 aromatic heterocycles. The zero-order chi connectivity index (χ0) is 19.8. The number of hydrogen-bond donors (Lipinski definition) is 2. The predicted molar refractivity (Wildman–Crippen MR) is 117 cm³/mol. The van der Waals surface area contributed by atoms with Crippen LogP contribution in [0.4, 0.5) is 5.69 Å². The second-order valence-corrected chi connectivity index (χ2v) is 7.67. The van der Waals surface area contributed by atoms with E-state index in [2.05, 4.69) is 71.0 Å². The van der Waals surface area contributed by atoms with Gasteiger partial charge in [-0.05, 0) is 35.2 Å². The molecule has 4 heteroatoms. The Morgan fingerprint density at radius 1 is 0.931 bits per heavy atom. The molecule has 1 aliphatic heterocycles. The van der Waals surface area contributed by atoms with Crippen molar-refractivity contribution >= 4 is 16.5 Å². The SMILES string of the molecule is CCCc1cccc(C2Nc3cccc4c(=O)[nH]nc(c34)C2c2ccccc2)c1. The van der Waals surface area contributed by atoms with Gasteiger partial charge in [-0.1, -0.05) is 74.0 Å². The maximum Gasteiger partial charge on any atom is 0.272 e. The summed E-state index contributed by atoms with van der Waals surface area (Å²) in [4.78, 5) is 12.4. The van der Waals surface area contributed by atoms with Gasteiger partial charge < -0.3 is 5.32 Å². The third-order valence-electron chi connectivity index (χ3n) is 5.79. The van der Waals surface area contributed by atoms with Gasteiger partial charge in [0.1, 0.15) is 0 Å². The monoisotopic (exact) mass is 381 g/mol. The number of hydrogen-bond acceptors (Lipinski definition) is 3. The van der Waals surface area contributed by atoms with Crippen molar-refractivity contribution in [1.82, 2.24) is 10.2 Å². The molecule has 2 unspecified atom stereocenters. The lowest BCUT2D eigenvalue weighted by Gasteiger charge is -2.35. The molecule has 2 N–H and O–H groups in total. The normalized spacial score (nSPS) is 17.8. The first-order valence-corrected chi connectivity index (χ1v) is 10.2. The Labute approximate surface area is 169 Å². The van der Waals surface area contributed by atoms with Crippen molar-refractivity contribution in [3.8, 4) is 0 Å². The quantitative estimate of drug-likeness (QED) is 0.512. The molecule has 0 aliphatic carbocycles. The molecule has 0 spiro atoms. The van der Waals surface area contributed by atoms with Crippen molar-refractivity contribution in [2.75, 3.05) is 5.32 Å². The van der Waals surface area contributed by atoms with Crippen LogP contribution in [0.2, 0.25) is 0 Å². The van der Waals surface area contributed by atoms with E-state index in [9.17, 15) is 4.79 Å². The van der Waals surface area contributed by atoms with E-state index in [-0.39, 0.29) is 17.5 Å². The van der Waals surface area contributed by atoms with Crippen molar-refractivity contribution in [1.29, 1.82) is 0 Å². The van der Waals surface area contributed by atoms with Crippen LogP contribution in [-0.4, -0.2) is 10.2 Å². The summed E-state index contributed by atoms with van der Waals surface area (Å²) in [5.74, 6) is 0.00215. The van der Waals surface area contributed by atoms with Crippen LogP contribution in [0.1, 0.15) is 47.7 Å². The van der Waals surface area contributed by atoms with Crippen molar-refractivity contribution < 1.29 is 0 Å². The topological polar surface area (TPSA) is 57.8 Å². The number of H-pyrrole nitrogens is 1. The molecule has 0 fully saturated rings. The molecule has 0 saturated carbocycles. The molecular weight excluding hydrogens is 358 g/mol. The highest BCUT2D eigenvalue weighted by Gasteiger charge is 2.34. The Hall–Kier alpha value is -3.40. The van der Waals surface area contributed by atoms with Gasteiger partial charge >= 0.3 is 0 Å². The van der Waals surface area contributed by atoms with Crippen molar-refractivity contribution in [3.63, 3.8) is 0 Å². The van der Waals surface area contributed by atoms with Crippen LogP contribution < -0.4 is 10.9 Å². The predicted octanol–water partition coefficient (Wildman–Crippen LogP) is 5.17. The fourth-order valence-electron chi connectivity index (χ4n) is 4.52. The Morgan fingerprint density at radius 3 is 2.55 bits per heavy atom. The Morgan fingerprint density at radius 2 is 1.72 bits per heavy atom. The highest BCUT2D eigenvalue weighted by Crippen LogP contribution is 2.46. The van der Waals surface area contributed by atoms with Gasteiger partial charge in [0.05, 0.1) is 23.0 Å². The van der Waals surface area contributed by atoms with E-state index >= 15 is 0 Å². The maximum atomic E-state index is 12.4. The molecule has 0 bridgehead atoms. The Balaban J connectivity index is 1.75. The molecule has 0 saturated heterocycles. The molecule has 4 aromatic rings. The fraction of sp³-hybridized carbons (Fsp3) is 0.200. The molecule has 2 atom stereocenters. The number of rotatable bonds is 4. The van der Waals surface area contributed by atoms with E-state index in [1.165, 1.54) is 16.7 Å². The molecule has 5 rings (SSSR count). The van der Waals surface area contributed by atoms with Crippen LogP contribution in [-0.2, 0) is 6.42 Å². The van der Waals surface area contributed by atoms with E-state index in [0.29, 0.717) is 5.39 Å². The van der Waals surface area contributed by atoms with Gasteiger partial charge in [-0.3, -0.25) is 4.79 Å². The molecular formula is C25H23N3O. The van der Waals surface area contributed by atoms with Crippen LogP contribution in [0.25, 0.3) is 10.8 Å². The smallest absolute Gasteiger partial charge is 0.272 e. The average Bonchev–Trinajstić information content (AvgIpc) is 2.77. The first kappa shape index (κ1) is 17.7. The average molecular weight is 381 g/mol. The van der Waals surface area contributed by atoms with Gasteiger partial charge in [-0.25, -0.2) is 5.10 Å². The number of nitrogens with zero attached hydrogens (tertiary/aromatic N) is 1. The minimum Gasteiger partial charge on any atom is -0.377 e. The third-order valence-corrected chi connectivity index (χ3v) is 5.79. The summed E-state index contributed by atoms with van der Waals surface area (Å²) in [6.45, 7) is 2.20. The van der Waals surface area contributed by atoms with E-state index in [4.69, 9.17) is 0 Å².